The van der Waals surface area contributed by atoms with Crippen molar-refractivity contribution in [3.8, 4) is 5.75 Å². The maximum Gasteiger partial charge on any atom is 0.308 e. The number of carbonyl (C=O) groups excluding carboxylic acids is 1. The Morgan fingerprint density at radius 1 is 1.47 bits per heavy atom. The van der Waals surface area contributed by atoms with Crippen LogP contribution in [0.25, 0.3) is 0 Å². The SMILES string of the molecule is Cc1ccccc1OCCN1CC(C(=O)O)CC1=O. The molecule has 0 radical (unpaired) electrons. The second kappa shape index (κ2) is 5.73. The summed E-state index contributed by atoms with van der Waals surface area (Å²) in [6, 6.07) is 7.66. The van der Waals surface area contributed by atoms with E-state index in [1.165, 1.54) is 0 Å². The summed E-state index contributed by atoms with van der Waals surface area (Å²) in [6.07, 6.45) is 0.0969. The number of aliphatic carboxylic acids is 1. The first-order valence-corrected chi connectivity index (χ1v) is 6.27. The number of carbonyl (C=O) groups is 2. The van der Waals surface area contributed by atoms with Crippen LogP contribution >= 0.6 is 0 Å². The highest BCUT2D eigenvalue weighted by Crippen LogP contribution is 2.19. The van der Waals surface area contributed by atoms with Crippen molar-refractivity contribution in [2.24, 2.45) is 5.92 Å². The summed E-state index contributed by atoms with van der Waals surface area (Å²) in [4.78, 5) is 24.0. The quantitative estimate of drug-likeness (QED) is 0.869. The molecule has 5 heteroatoms. The fourth-order valence-electron chi connectivity index (χ4n) is 2.14. The van der Waals surface area contributed by atoms with Crippen LogP contribution in [-0.4, -0.2) is 41.6 Å². The maximum atomic E-state index is 11.6. The van der Waals surface area contributed by atoms with E-state index in [4.69, 9.17) is 9.84 Å². The molecule has 0 aliphatic carbocycles. The van der Waals surface area contributed by atoms with E-state index in [0.717, 1.165) is 11.3 Å². The van der Waals surface area contributed by atoms with E-state index in [-0.39, 0.29) is 18.9 Å². The molecular weight excluding hydrogens is 246 g/mol. The summed E-state index contributed by atoms with van der Waals surface area (Å²) in [5, 5.41) is 8.88. The lowest BCUT2D eigenvalue weighted by Gasteiger charge is -2.16. The van der Waals surface area contributed by atoms with Crippen LogP contribution in [0.3, 0.4) is 0 Å². The summed E-state index contributed by atoms with van der Waals surface area (Å²) >= 11 is 0. The summed E-state index contributed by atoms with van der Waals surface area (Å²) in [5.74, 6) is -0.800. The van der Waals surface area contributed by atoms with Crippen LogP contribution in [0, 0.1) is 12.8 Å². The molecule has 1 aromatic carbocycles. The van der Waals surface area contributed by atoms with Crippen molar-refractivity contribution in [1.29, 1.82) is 0 Å². The average molecular weight is 263 g/mol. The standard InChI is InChI=1S/C14H17NO4/c1-10-4-2-3-5-12(10)19-7-6-15-9-11(14(17)18)8-13(15)16/h2-5,11H,6-9H2,1H3,(H,17,18). The van der Waals surface area contributed by atoms with Crippen molar-refractivity contribution in [1.82, 2.24) is 4.90 Å². The average Bonchev–Trinajstić information content (AvgIpc) is 2.74. The van der Waals surface area contributed by atoms with Gasteiger partial charge in [-0.15, -0.1) is 0 Å². The smallest absolute Gasteiger partial charge is 0.308 e. The largest absolute Gasteiger partial charge is 0.491 e. The third-order valence-electron chi connectivity index (χ3n) is 3.28. The molecule has 1 aliphatic rings. The van der Waals surface area contributed by atoms with Crippen LogP contribution in [0.5, 0.6) is 5.75 Å². The Labute approximate surface area is 111 Å². The first kappa shape index (κ1) is 13.4. The van der Waals surface area contributed by atoms with Gasteiger partial charge in [-0.25, -0.2) is 0 Å². The van der Waals surface area contributed by atoms with E-state index in [1.807, 2.05) is 31.2 Å². The van der Waals surface area contributed by atoms with Crippen molar-refractivity contribution < 1.29 is 19.4 Å². The van der Waals surface area contributed by atoms with Gasteiger partial charge in [0.1, 0.15) is 12.4 Å². The lowest BCUT2D eigenvalue weighted by molar-refractivity contribution is -0.141. The fourth-order valence-corrected chi connectivity index (χ4v) is 2.14. The Balaban J connectivity index is 1.82. The minimum atomic E-state index is -0.907. The first-order valence-electron chi connectivity index (χ1n) is 6.27. The number of para-hydroxylation sites is 1. The number of likely N-dealkylation sites (tertiary alicyclic amines) is 1. The van der Waals surface area contributed by atoms with Crippen LogP contribution in [-0.2, 0) is 9.59 Å². The van der Waals surface area contributed by atoms with Crippen LogP contribution in [0.15, 0.2) is 24.3 Å². The minimum Gasteiger partial charge on any atom is -0.491 e. The third-order valence-corrected chi connectivity index (χ3v) is 3.28. The number of carboxylic acids is 1. The molecule has 0 bridgehead atoms. The summed E-state index contributed by atoms with van der Waals surface area (Å²) in [7, 11) is 0. The van der Waals surface area contributed by atoms with E-state index >= 15 is 0 Å². The molecule has 1 aliphatic heterocycles. The van der Waals surface area contributed by atoms with Gasteiger partial charge in [0.2, 0.25) is 5.91 Å². The first-order chi connectivity index (χ1) is 9.08. The number of amides is 1. The molecule has 1 fully saturated rings. The van der Waals surface area contributed by atoms with Crippen LogP contribution < -0.4 is 4.74 Å². The molecule has 0 spiro atoms. The highest BCUT2D eigenvalue weighted by atomic mass is 16.5. The van der Waals surface area contributed by atoms with Crippen molar-refractivity contribution in [3.05, 3.63) is 29.8 Å². The molecule has 19 heavy (non-hydrogen) atoms. The lowest BCUT2D eigenvalue weighted by atomic mass is 10.1. The van der Waals surface area contributed by atoms with E-state index in [2.05, 4.69) is 0 Å². The van der Waals surface area contributed by atoms with Gasteiger partial charge < -0.3 is 14.7 Å². The Hall–Kier alpha value is -2.04. The molecule has 1 saturated heterocycles. The Morgan fingerprint density at radius 3 is 2.84 bits per heavy atom. The highest BCUT2D eigenvalue weighted by Gasteiger charge is 2.33. The second-order valence-electron chi connectivity index (χ2n) is 4.69. The molecule has 1 atom stereocenters. The highest BCUT2D eigenvalue weighted by molar-refractivity contribution is 5.86. The minimum absolute atomic E-state index is 0.0969. The molecule has 1 amide bonds. The number of nitrogens with zero attached hydrogens (tertiary/aromatic N) is 1. The van der Waals surface area contributed by atoms with Gasteiger partial charge in [-0.2, -0.15) is 0 Å². The number of rotatable bonds is 5. The number of benzene rings is 1. The molecule has 2 rings (SSSR count). The van der Waals surface area contributed by atoms with Gasteiger partial charge in [-0.05, 0) is 18.6 Å². The van der Waals surface area contributed by atoms with Crippen LogP contribution in [0.2, 0.25) is 0 Å². The monoisotopic (exact) mass is 263 g/mol. The molecular formula is C14H17NO4. The van der Waals surface area contributed by atoms with E-state index in [9.17, 15) is 9.59 Å². The Morgan fingerprint density at radius 2 is 2.21 bits per heavy atom. The summed E-state index contributed by atoms with van der Waals surface area (Å²) in [6.45, 7) is 3.04. The van der Waals surface area contributed by atoms with Gasteiger partial charge in [0.05, 0.1) is 12.5 Å². The zero-order valence-electron chi connectivity index (χ0n) is 10.8. The molecule has 5 nitrogen and oxygen atoms in total. The van der Waals surface area contributed by atoms with E-state index < -0.39 is 11.9 Å². The Bertz CT molecular complexity index is 486. The Kier molecular flexibility index (Phi) is 4.04. The molecule has 1 N–H and O–H groups in total. The molecule has 0 saturated carbocycles. The van der Waals surface area contributed by atoms with Crippen molar-refractivity contribution in [2.45, 2.75) is 13.3 Å². The number of carboxylic acid groups (broad SMARTS) is 1. The van der Waals surface area contributed by atoms with Crippen molar-refractivity contribution >= 4 is 11.9 Å². The number of hydrogen-bond acceptors (Lipinski definition) is 3. The molecule has 1 aromatic rings. The van der Waals surface area contributed by atoms with Gasteiger partial charge in [0.15, 0.2) is 0 Å². The molecule has 1 unspecified atom stereocenters. The maximum absolute atomic E-state index is 11.6. The normalized spacial score (nSPS) is 18.7. The summed E-state index contributed by atoms with van der Waals surface area (Å²) < 4.78 is 5.60. The predicted octanol–water partition coefficient (Wildman–Crippen LogP) is 1.31. The molecule has 0 aromatic heterocycles. The summed E-state index contributed by atoms with van der Waals surface area (Å²) in [5.41, 5.74) is 1.04. The van der Waals surface area contributed by atoms with Crippen LogP contribution in [0.1, 0.15) is 12.0 Å². The van der Waals surface area contributed by atoms with Crippen LogP contribution in [0.4, 0.5) is 0 Å². The van der Waals surface area contributed by atoms with E-state index in [1.54, 1.807) is 4.90 Å². The van der Waals surface area contributed by atoms with Gasteiger partial charge >= 0.3 is 5.97 Å². The number of aryl methyl sites for hydroxylation is 1. The van der Waals surface area contributed by atoms with E-state index in [0.29, 0.717) is 13.2 Å². The molecule has 102 valence electrons. The lowest BCUT2D eigenvalue weighted by Crippen LogP contribution is -2.30. The van der Waals surface area contributed by atoms with Crippen molar-refractivity contribution in [3.63, 3.8) is 0 Å². The van der Waals surface area contributed by atoms with Gasteiger partial charge in [-0.1, -0.05) is 18.2 Å². The number of hydrogen-bond donors (Lipinski definition) is 1. The zero-order valence-corrected chi connectivity index (χ0v) is 10.8. The fraction of sp³-hybridized carbons (Fsp3) is 0.429. The number of ether oxygens (including phenoxy) is 1. The van der Waals surface area contributed by atoms with Gasteiger partial charge in [0.25, 0.3) is 0 Å². The second-order valence-corrected chi connectivity index (χ2v) is 4.69. The molecule has 1 heterocycles. The predicted molar refractivity (Wildman–Crippen MR) is 69.0 cm³/mol. The van der Waals surface area contributed by atoms with Gasteiger partial charge in [-0.3, -0.25) is 9.59 Å². The zero-order chi connectivity index (χ0) is 13.8. The third kappa shape index (κ3) is 3.24. The van der Waals surface area contributed by atoms with Gasteiger partial charge in [0, 0.05) is 13.0 Å². The topological polar surface area (TPSA) is 66.8 Å². The van der Waals surface area contributed by atoms with Crippen molar-refractivity contribution in [2.75, 3.05) is 19.7 Å².